The number of hydrogen-bond acceptors (Lipinski definition) is 5. The topological polar surface area (TPSA) is 89.9 Å². The van der Waals surface area contributed by atoms with E-state index in [1.54, 1.807) is 0 Å². The van der Waals surface area contributed by atoms with E-state index >= 15 is 0 Å². The van der Waals surface area contributed by atoms with Gasteiger partial charge in [-0.15, -0.1) is 0 Å². The van der Waals surface area contributed by atoms with Crippen LogP contribution in [0.5, 0.6) is 5.75 Å². The maximum Gasteiger partial charge on any atom is 0.501 e. The van der Waals surface area contributed by atoms with Gasteiger partial charge in [-0.3, -0.25) is 0 Å². The van der Waals surface area contributed by atoms with Gasteiger partial charge in [0.1, 0.15) is 5.75 Å². The summed E-state index contributed by atoms with van der Waals surface area (Å²) in [7, 11) is 0. The molecule has 0 fully saturated rings. The number of halogens is 2. The van der Waals surface area contributed by atoms with Crippen LogP contribution < -0.4 is 4.74 Å². The van der Waals surface area contributed by atoms with Crippen LogP contribution in [0.4, 0.5) is 8.78 Å². The molecule has 1 heterocycles. The minimum atomic E-state index is -4.45. The minimum absolute atomic E-state index is 0.114. The van der Waals surface area contributed by atoms with Crippen molar-refractivity contribution < 1.29 is 37.7 Å². The molecule has 1 N–H and O–H groups in total. The highest BCUT2D eigenvalue weighted by molar-refractivity contribution is 6.21. The van der Waals surface area contributed by atoms with Gasteiger partial charge in [-0.1, -0.05) is 12.1 Å². The number of alkyl halides is 2. The molecule has 0 radical (unpaired) electrons. The van der Waals surface area contributed by atoms with Gasteiger partial charge >= 0.3 is 24.0 Å². The molecule has 2 aromatic rings. The first-order valence-corrected chi connectivity index (χ1v) is 5.93. The number of aliphatic carboxylic acids is 1. The Morgan fingerprint density at radius 1 is 1.14 bits per heavy atom. The molecule has 3 rings (SSSR count). The molecule has 0 bridgehead atoms. The molecule has 1 aliphatic rings. The average molecular weight is 308 g/mol. The third-order valence-corrected chi connectivity index (χ3v) is 3.07. The van der Waals surface area contributed by atoms with Crippen LogP contribution in [-0.4, -0.2) is 29.1 Å². The highest BCUT2D eigenvalue weighted by atomic mass is 19.3. The van der Waals surface area contributed by atoms with Crippen molar-refractivity contribution in [3.63, 3.8) is 0 Å². The molecule has 112 valence electrons. The number of carboxylic acid groups (broad SMARTS) is 1. The van der Waals surface area contributed by atoms with Crippen molar-refractivity contribution in [2.75, 3.05) is 0 Å². The second-order valence-corrected chi connectivity index (χ2v) is 4.48. The molecule has 22 heavy (non-hydrogen) atoms. The van der Waals surface area contributed by atoms with Crippen LogP contribution in [0.1, 0.15) is 20.7 Å². The van der Waals surface area contributed by atoms with E-state index in [0.29, 0.717) is 0 Å². The number of esters is 2. The Morgan fingerprint density at radius 2 is 1.82 bits per heavy atom. The zero-order chi connectivity index (χ0) is 16.1. The summed E-state index contributed by atoms with van der Waals surface area (Å²) < 4.78 is 34.9. The number of ether oxygens (including phenoxy) is 2. The zero-order valence-corrected chi connectivity index (χ0v) is 10.6. The van der Waals surface area contributed by atoms with Crippen LogP contribution in [0.2, 0.25) is 0 Å². The first kappa shape index (κ1) is 13.9. The molecule has 0 saturated carbocycles. The Morgan fingerprint density at radius 3 is 2.50 bits per heavy atom. The lowest BCUT2D eigenvalue weighted by Crippen LogP contribution is -2.34. The normalized spacial score (nSPS) is 13.9. The maximum absolute atomic E-state index is 13.1. The summed E-state index contributed by atoms with van der Waals surface area (Å²) >= 11 is 0. The van der Waals surface area contributed by atoms with Gasteiger partial charge in [-0.25, -0.2) is 14.4 Å². The lowest BCUT2D eigenvalue weighted by atomic mass is 9.97. The summed E-state index contributed by atoms with van der Waals surface area (Å²) in [5.41, 5.74) is -0.0347. The molecule has 0 spiro atoms. The molecule has 0 aliphatic carbocycles. The van der Waals surface area contributed by atoms with Gasteiger partial charge in [0.25, 0.3) is 0 Å². The van der Waals surface area contributed by atoms with Crippen molar-refractivity contribution in [3.8, 4) is 5.75 Å². The summed E-state index contributed by atoms with van der Waals surface area (Å²) in [5, 5.41) is 8.89. The Bertz CT molecular complexity index is 843. The standard InChI is InChI=1S/C14H6F2O6/c15-14(16,13(19)20)22-7-4-6-2-1-3-8-10(6)9(5-7)12(18)21-11(8)17/h1-5H,(H,19,20). The van der Waals surface area contributed by atoms with Gasteiger partial charge < -0.3 is 14.6 Å². The molecule has 8 heteroatoms. The number of carbonyl (C=O) groups is 3. The summed E-state index contributed by atoms with van der Waals surface area (Å²) in [5.74, 6) is -4.85. The molecule has 1 aliphatic heterocycles. The van der Waals surface area contributed by atoms with Crippen molar-refractivity contribution in [1.82, 2.24) is 0 Å². The fourth-order valence-corrected chi connectivity index (χ4v) is 2.18. The van der Waals surface area contributed by atoms with Crippen LogP contribution in [0, 0.1) is 0 Å². The third kappa shape index (κ3) is 2.05. The van der Waals surface area contributed by atoms with Crippen LogP contribution >= 0.6 is 0 Å². The first-order valence-electron chi connectivity index (χ1n) is 5.93. The Hall–Kier alpha value is -3.03. The average Bonchev–Trinajstić information content (AvgIpc) is 2.43. The quantitative estimate of drug-likeness (QED) is 0.690. The van der Waals surface area contributed by atoms with E-state index in [-0.39, 0.29) is 21.9 Å². The lowest BCUT2D eigenvalue weighted by Gasteiger charge is -2.18. The first-order chi connectivity index (χ1) is 10.3. The highest BCUT2D eigenvalue weighted by Gasteiger charge is 2.43. The predicted octanol–water partition coefficient (Wildman–Crippen LogP) is 2.21. The monoisotopic (exact) mass is 308 g/mol. The summed E-state index contributed by atoms with van der Waals surface area (Å²) in [6.45, 7) is 0. The van der Waals surface area contributed by atoms with Crippen molar-refractivity contribution in [2.24, 2.45) is 0 Å². The molecular formula is C14H6F2O6. The van der Waals surface area contributed by atoms with Crippen molar-refractivity contribution in [2.45, 2.75) is 6.11 Å². The molecule has 0 atom stereocenters. The molecule has 0 saturated heterocycles. The van der Waals surface area contributed by atoms with E-state index in [2.05, 4.69) is 9.47 Å². The number of benzene rings is 2. The van der Waals surface area contributed by atoms with Crippen LogP contribution in [0.15, 0.2) is 30.3 Å². The lowest BCUT2D eigenvalue weighted by molar-refractivity contribution is -0.210. The van der Waals surface area contributed by atoms with Gasteiger partial charge in [-0.05, 0) is 23.6 Å². The Balaban J connectivity index is 2.20. The van der Waals surface area contributed by atoms with Crippen LogP contribution in [0.3, 0.4) is 0 Å². The number of cyclic esters (lactones) is 2. The molecule has 0 amide bonds. The second kappa shape index (κ2) is 4.48. The maximum atomic E-state index is 13.1. The van der Waals surface area contributed by atoms with E-state index < -0.39 is 29.8 Å². The van der Waals surface area contributed by atoms with Gasteiger partial charge in [0.05, 0.1) is 11.1 Å². The Kier molecular flexibility index (Phi) is 2.84. The number of rotatable bonds is 3. The highest BCUT2D eigenvalue weighted by Crippen LogP contribution is 2.34. The SMILES string of the molecule is O=C1OC(=O)c2cc(OC(F)(F)C(=O)O)cc3cccc1c23. The van der Waals surface area contributed by atoms with Gasteiger partial charge in [-0.2, -0.15) is 8.78 Å². The van der Waals surface area contributed by atoms with Crippen molar-refractivity contribution in [1.29, 1.82) is 0 Å². The molecule has 2 aromatic carbocycles. The van der Waals surface area contributed by atoms with Crippen LogP contribution in [0.25, 0.3) is 10.8 Å². The number of hydrogen-bond donors (Lipinski definition) is 1. The fraction of sp³-hybridized carbons (Fsp3) is 0.0714. The van der Waals surface area contributed by atoms with E-state index in [9.17, 15) is 23.2 Å². The van der Waals surface area contributed by atoms with E-state index in [1.807, 2.05) is 0 Å². The summed E-state index contributed by atoms with van der Waals surface area (Å²) in [4.78, 5) is 33.7. The largest absolute Gasteiger partial charge is 0.501 e. The molecule has 0 unspecified atom stereocenters. The van der Waals surface area contributed by atoms with E-state index in [4.69, 9.17) is 5.11 Å². The fourth-order valence-electron chi connectivity index (χ4n) is 2.18. The van der Waals surface area contributed by atoms with Gasteiger partial charge in [0, 0.05) is 5.39 Å². The molecule has 6 nitrogen and oxygen atoms in total. The van der Waals surface area contributed by atoms with Crippen LogP contribution in [-0.2, 0) is 9.53 Å². The van der Waals surface area contributed by atoms with Gasteiger partial charge in [0.15, 0.2) is 0 Å². The second-order valence-electron chi connectivity index (χ2n) is 4.48. The smallest absolute Gasteiger partial charge is 0.474 e. The van der Waals surface area contributed by atoms with E-state index in [0.717, 1.165) is 12.1 Å². The Labute approximate surface area is 120 Å². The summed E-state index contributed by atoms with van der Waals surface area (Å²) in [6.07, 6.45) is -4.45. The minimum Gasteiger partial charge on any atom is -0.474 e. The van der Waals surface area contributed by atoms with Crippen molar-refractivity contribution >= 4 is 28.7 Å². The zero-order valence-electron chi connectivity index (χ0n) is 10.6. The third-order valence-electron chi connectivity index (χ3n) is 3.07. The van der Waals surface area contributed by atoms with E-state index in [1.165, 1.54) is 18.2 Å². The predicted molar refractivity (Wildman–Crippen MR) is 66.9 cm³/mol. The molecule has 0 aromatic heterocycles. The van der Waals surface area contributed by atoms with Crippen molar-refractivity contribution in [3.05, 3.63) is 41.5 Å². The number of carbonyl (C=O) groups excluding carboxylic acids is 2. The number of carboxylic acids is 1. The summed E-state index contributed by atoms with van der Waals surface area (Å²) in [6, 6.07) is 6.40. The van der Waals surface area contributed by atoms with Gasteiger partial charge in [0.2, 0.25) is 0 Å². The molecular weight excluding hydrogens is 302 g/mol.